The van der Waals surface area contributed by atoms with Crippen LogP contribution in [0.15, 0.2) is 29.2 Å². The first-order valence-electron chi connectivity index (χ1n) is 10.8. The average Bonchev–Trinajstić information content (AvgIpc) is 2.72. The first kappa shape index (κ1) is 23.9. The van der Waals surface area contributed by atoms with Gasteiger partial charge in [0.15, 0.2) is 6.29 Å². The van der Waals surface area contributed by atoms with Crippen LogP contribution in [0.2, 0.25) is 0 Å². The van der Waals surface area contributed by atoms with Crippen LogP contribution in [0.5, 0.6) is 0 Å². The Hall–Kier alpha value is -1.37. The lowest BCUT2D eigenvalue weighted by molar-refractivity contribution is -0.161. The fourth-order valence-electron chi connectivity index (χ4n) is 3.06. The molecule has 1 aromatic rings. The minimum atomic E-state index is -0.397. The van der Waals surface area contributed by atoms with Crippen LogP contribution < -0.4 is 0 Å². The lowest BCUT2D eigenvalue weighted by Crippen LogP contribution is -2.23. The average molecular weight is 423 g/mol. The topological polar surface area (TPSA) is 61.8 Å². The predicted molar refractivity (Wildman–Crippen MR) is 115 cm³/mol. The lowest BCUT2D eigenvalue weighted by Gasteiger charge is -2.22. The van der Waals surface area contributed by atoms with Gasteiger partial charge in [-0.05, 0) is 68.4 Å². The molecule has 1 atom stereocenters. The molecule has 162 valence electrons. The Bertz CT molecular complexity index is 596. The fourth-order valence-corrected chi connectivity index (χ4v) is 3.98. The van der Waals surface area contributed by atoms with Crippen molar-refractivity contribution in [2.45, 2.75) is 75.9 Å². The van der Waals surface area contributed by atoms with E-state index in [4.69, 9.17) is 14.2 Å². The maximum Gasteiger partial charge on any atom is 0.313 e. The molecular formula is C23H34O5S. The highest BCUT2D eigenvalue weighted by atomic mass is 32.2. The Morgan fingerprint density at radius 3 is 2.69 bits per heavy atom. The van der Waals surface area contributed by atoms with Gasteiger partial charge >= 0.3 is 5.97 Å². The number of Topliss-reactive ketones (excluding diaryl/α,β-unsaturated/α-hetero) is 1. The van der Waals surface area contributed by atoms with E-state index < -0.39 is 5.97 Å². The Morgan fingerprint density at radius 1 is 1.14 bits per heavy atom. The van der Waals surface area contributed by atoms with Gasteiger partial charge in [0.2, 0.25) is 0 Å². The summed E-state index contributed by atoms with van der Waals surface area (Å²) in [5.74, 6) is 0.546. The molecule has 1 saturated heterocycles. The van der Waals surface area contributed by atoms with Gasteiger partial charge in [0.1, 0.15) is 12.2 Å². The van der Waals surface area contributed by atoms with Crippen LogP contribution in [0.25, 0.3) is 0 Å². The predicted octanol–water partition coefficient (Wildman–Crippen LogP) is 4.95. The molecule has 1 aromatic carbocycles. The molecule has 5 nitrogen and oxygen atoms in total. The molecule has 1 aliphatic rings. The zero-order valence-corrected chi connectivity index (χ0v) is 18.3. The van der Waals surface area contributed by atoms with Crippen molar-refractivity contribution < 1.29 is 23.8 Å². The van der Waals surface area contributed by atoms with Crippen LogP contribution in [0.1, 0.15) is 63.9 Å². The van der Waals surface area contributed by atoms with Crippen molar-refractivity contribution in [1.82, 2.24) is 0 Å². The minimum absolute atomic E-state index is 0.0188. The molecule has 1 aliphatic heterocycles. The van der Waals surface area contributed by atoms with Gasteiger partial charge in [-0.25, -0.2) is 0 Å². The molecule has 0 aliphatic carbocycles. The summed E-state index contributed by atoms with van der Waals surface area (Å²) in [6, 6.07) is 8.61. The number of esters is 1. The third-order valence-electron chi connectivity index (χ3n) is 4.70. The van der Waals surface area contributed by atoms with Crippen molar-refractivity contribution in [2.24, 2.45) is 0 Å². The van der Waals surface area contributed by atoms with Crippen molar-refractivity contribution in [3.8, 4) is 0 Å². The summed E-state index contributed by atoms with van der Waals surface area (Å²) in [5, 5.41) is 0. The summed E-state index contributed by atoms with van der Waals surface area (Å²) in [6.07, 6.45) is 7.14. The normalized spacial score (nSPS) is 16.5. The van der Waals surface area contributed by atoms with E-state index in [2.05, 4.69) is 24.3 Å². The van der Waals surface area contributed by atoms with Gasteiger partial charge in [0, 0.05) is 17.9 Å². The summed E-state index contributed by atoms with van der Waals surface area (Å²) in [6.45, 7) is 3.83. The summed E-state index contributed by atoms with van der Waals surface area (Å²) < 4.78 is 16.5. The zero-order chi connectivity index (χ0) is 20.7. The molecule has 29 heavy (non-hydrogen) atoms. The smallest absolute Gasteiger partial charge is 0.313 e. The number of hydrogen-bond acceptors (Lipinski definition) is 6. The maximum atomic E-state index is 11.5. The Labute approximate surface area is 178 Å². The van der Waals surface area contributed by atoms with Gasteiger partial charge in [-0.1, -0.05) is 19.1 Å². The van der Waals surface area contributed by atoms with Gasteiger partial charge in [0.05, 0.1) is 13.2 Å². The Balaban J connectivity index is 1.50. The van der Waals surface area contributed by atoms with Crippen molar-refractivity contribution in [1.29, 1.82) is 0 Å². The summed E-state index contributed by atoms with van der Waals surface area (Å²) in [7, 11) is 0. The highest BCUT2D eigenvalue weighted by Crippen LogP contribution is 2.20. The highest BCUT2D eigenvalue weighted by Gasteiger charge is 2.13. The van der Waals surface area contributed by atoms with Crippen LogP contribution in [0, 0.1) is 0 Å². The van der Waals surface area contributed by atoms with Crippen LogP contribution >= 0.6 is 11.8 Å². The van der Waals surface area contributed by atoms with E-state index in [1.165, 1.54) is 16.9 Å². The number of rotatable bonds is 14. The molecule has 0 saturated carbocycles. The first-order chi connectivity index (χ1) is 14.2. The van der Waals surface area contributed by atoms with Crippen molar-refractivity contribution in [3.05, 3.63) is 29.8 Å². The van der Waals surface area contributed by atoms with E-state index in [0.717, 1.165) is 50.9 Å². The molecule has 0 N–H and O–H groups in total. The standard InChI is InChI=1S/C23H34O5S/c1-2-7-20(24)18-22(25)26-14-5-6-17-29-21-11-9-19(10-12-21)13-16-28-23-8-3-4-15-27-23/h9-12,23H,2-8,13-18H2,1H3. The van der Waals surface area contributed by atoms with Crippen molar-refractivity contribution in [2.75, 3.05) is 25.6 Å². The molecule has 2 rings (SSSR count). The number of ether oxygens (including phenoxy) is 3. The van der Waals surface area contributed by atoms with Gasteiger partial charge < -0.3 is 14.2 Å². The fraction of sp³-hybridized carbons (Fsp3) is 0.652. The largest absolute Gasteiger partial charge is 0.465 e. The molecule has 0 bridgehead atoms. The lowest BCUT2D eigenvalue weighted by atomic mass is 10.1. The molecule has 0 radical (unpaired) electrons. The van der Waals surface area contributed by atoms with E-state index in [1.807, 2.05) is 6.92 Å². The SMILES string of the molecule is CCCC(=O)CC(=O)OCCCCSc1ccc(CCOC2CCCCO2)cc1. The van der Waals surface area contributed by atoms with Crippen molar-refractivity contribution in [3.63, 3.8) is 0 Å². The van der Waals surface area contributed by atoms with Crippen LogP contribution in [-0.4, -0.2) is 43.6 Å². The Kier molecular flexibility index (Phi) is 12.0. The highest BCUT2D eigenvalue weighted by molar-refractivity contribution is 7.99. The Morgan fingerprint density at radius 2 is 1.97 bits per heavy atom. The van der Waals surface area contributed by atoms with Gasteiger partial charge in [-0.2, -0.15) is 0 Å². The molecule has 0 aromatic heterocycles. The number of ketones is 1. The summed E-state index contributed by atoms with van der Waals surface area (Å²) in [4.78, 5) is 24.1. The molecule has 1 fully saturated rings. The first-order valence-corrected chi connectivity index (χ1v) is 11.8. The van der Waals surface area contributed by atoms with E-state index in [0.29, 0.717) is 19.6 Å². The third-order valence-corrected chi connectivity index (χ3v) is 5.79. The van der Waals surface area contributed by atoms with E-state index in [9.17, 15) is 9.59 Å². The number of carbonyl (C=O) groups excluding carboxylic acids is 2. The molecule has 1 unspecified atom stereocenters. The van der Waals surface area contributed by atoms with E-state index in [1.54, 1.807) is 11.8 Å². The molecule has 0 amide bonds. The summed E-state index contributed by atoms with van der Waals surface area (Å²) in [5.41, 5.74) is 1.27. The van der Waals surface area contributed by atoms with Crippen LogP contribution in [0.3, 0.4) is 0 Å². The second-order valence-electron chi connectivity index (χ2n) is 7.30. The van der Waals surface area contributed by atoms with E-state index >= 15 is 0 Å². The monoisotopic (exact) mass is 422 g/mol. The molecular weight excluding hydrogens is 388 g/mol. The number of unbranched alkanes of at least 4 members (excludes halogenated alkanes) is 1. The van der Waals surface area contributed by atoms with Gasteiger partial charge in [0.25, 0.3) is 0 Å². The summed E-state index contributed by atoms with van der Waals surface area (Å²) >= 11 is 1.81. The number of thioether (sulfide) groups is 1. The number of hydrogen-bond donors (Lipinski definition) is 0. The third kappa shape index (κ3) is 10.8. The molecule has 0 spiro atoms. The van der Waals surface area contributed by atoms with Crippen LogP contribution in [0.4, 0.5) is 0 Å². The van der Waals surface area contributed by atoms with Gasteiger partial charge in [-0.3, -0.25) is 9.59 Å². The molecule has 1 heterocycles. The molecule has 6 heteroatoms. The quantitative estimate of drug-likeness (QED) is 0.183. The number of carbonyl (C=O) groups is 2. The second-order valence-corrected chi connectivity index (χ2v) is 8.47. The minimum Gasteiger partial charge on any atom is -0.465 e. The van der Waals surface area contributed by atoms with E-state index in [-0.39, 0.29) is 18.5 Å². The van der Waals surface area contributed by atoms with Gasteiger partial charge in [-0.15, -0.1) is 11.8 Å². The zero-order valence-electron chi connectivity index (χ0n) is 17.5. The maximum absolute atomic E-state index is 11.5. The van der Waals surface area contributed by atoms with Crippen LogP contribution in [-0.2, 0) is 30.2 Å². The van der Waals surface area contributed by atoms with Crippen molar-refractivity contribution >= 4 is 23.5 Å². The second kappa shape index (κ2) is 14.6. The number of benzene rings is 1.